The van der Waals surface area contributed by atoms with Crippen molar-refractivity contribution >= 4 is 17.9 Å². The molecule has 0 aromatic carbocycles. The van der Waals surface area contributed by atoms with Gasteiger partial charge in [-0.15, -0.1) is 0 Å². The Hall–Kier alpha value is -1.99. The number of nitrogens with one attached hydrogen (secondary N) is 2. The molecule has 0 rings (SSSR count). The van der Waals surface area contributed by atoms with Gasteiger partial charge in [-0.1, -0.05) is 0 Å². The molecule has 94 valence electrons. The molecule has 0 amide bonds. The quantitative estimate of drug-likeness (QED) is 0.303. The van der Waals surface area contributed by atoms with Crippen molar-refractivity contribution in [2.45, 2.75) is 6.92 Å². The molecule has 0 aromatic heterocycles. The third kappa shape index (κ3) is 10.1. The smallest absolute Gasteiger partial charge is 0.323 e. The lowest BCUT2D eigenvalue weighted by Crippen LogP contribution is -2.36. The van der Waals surface area contributed by atoms with Gasteiger partial charge in [-0.25, -0.2) is 0 Å². The minimum Gasteiger partial charge on any atom is -0.480 e. The zero-order valence-corrected chi connectivity index (χ0v) is 9.82. The monoisotopic (exact) mass is 232 g/mol. The van der Waals surface area contributed by atoms with Gasteiger partial charge in [-0.05, 0) is 6.92 Å². The number of likely N-dealkylation sites (N-methyl/N-ethyl adjacent to an activating group) is 1. The highest BCUT2D eigenvalue weighted by Crippen LogP contribution is 1.76. The molecule has 0 saturated heterocycles. The topological polar surface area (TPSA) is 144 Å². The predicted molar refractivity (Wildman–Crippen MR) is 62.4 cm³/mol. The molecule has 0 unspecified atom stereocenters. The first kappa shape index (κ1) is 16.4. The molecule has 0 spiro atoms. The summed E-state index contributed by atoms with van der Waals surface area (Å²) in [5.74, 6) is -1.10. The molecule has 0 saturated carbocycles. The van der Waals surface area contributed by atoms with E-state index in [4.69, 9.17) is 27.4 Å². The average molecular weight is 232 g/mol. The van der Waals surface area contributed by atoms with Gasteiger partial charge in [0.2, 0.25) is 0 Å². The second kappa shape index (κ2) is 8.33. The first-order valence-corrected chi connectivity index (χ1v) is 4.54. The van der Waals surface area contributed by atoms with Crippen LogP contribution >= 0.6 is 0 Å². The van der Waals surface area contributed by atoms with Crippen molar-refractivity contribution in [3.63, 3.8) is 0 Å². The van der Waals surface area contributed by atoms with Gasteiger partial charge in [0.1, 0.15) is 6.54 Å². The van der Waals surface area contributed by atoms with Crippen molar-refractivity contribution in [3.8, 4) is 0 Å². The molecule has 7 N–H and O–H groups in total. The summed E-state index contributed by atoms with van der Waals surface area (Å²) in [6, 6.07) is 0. The van der Waals surface area contributed by atoms with Crippen LogP contribution in [0.2, 0.25) is 0 Å². The van der Waals surface area contributed by atoms with Crippen LogP contribution < -0.4 is 11.5 Å². The summed E-state index contributed by atoms with van der Waals surface area (Å²) in [7, 11) is 3.22. The summed E-state index contributed by atoms with van der Waals surface area (Å²) in [6.07, 6.45) is 0. The standard InChI is InChI=1S/C4H9N3O2.C4H11N3/c1-7(4(5)6)2-3(8)9;1-3-7(2)4(5)6/h2H2,1H3,(H3,5,6)(H,8,9);3H2,1-2H3,(H3,5,6). The number of aliphatic carboxylic acids is 1. The van der Waals surface area contributed by atoms with Gasteiger partial charge in [0.05, 0.1) is 0 Å². The van der Waals surface area contributed by atoms with E-state index in [-0.39, 0.29) is 18.5 Å². The van der Waals surface area contributed by atoms with Crippen LogP contribution in [0.1, 0.15) is 6.92 Å². The van der Waals surface area contributed by atoms with Gasteiger partial charge in [0.15, 0.2) is 11.9 Å². The van der Waals surface area contributed by atoms with E-state index in [1.807, 2.05) is 6.92 Å². The molecule has 0 aromatic rings. The zero-order chi connectivity index (χ0) is 13.3. The number of carboxylic acid groups (broad SMARTS) is 1. The number of nitrogens with two attached hydrogens (primary N) is 2. The van der Waals surface area contributed by atoms with E-state index >= 15 is 0 Å². The minimum absolute atomic E-state index is 0.127. The molecule has 16 heavy (non-hydrogen) atoms. The predicted octanol–water partition coefficient (Wildman–Crippen LogP) is -1.27. The molecule has 0 fully saturated rings. The van der Waals surface area contributed by atoms with E-state index in [0.717, 1.165) is 11.4 Å². The Morgan fingerprint density at radius 3 is 1.62 bits per heavy atom. The Kier molecular flexibility index (Phi) is 8.56. The first-order chi connectivity index (χ1) is 7.22. The van der Waals surface area contributed by atoms with Gasteiger partial charge < -0.3 is 26.4 Å². The summed E-state index contributed by atoms with van der Waals surface area (Å²) >= 11 is 0. The Balaban J connectivity index is 0. The van der Waals surface area contributed by atoms with E-state index in [1.165, 1.54) is 7.05 Å². The number of carboxylic acids is 1. The van der Waals surface area contributed by atoms with E-state index in [1.54, 1.807) is 11.9 Å². The molecule has 0 radical (unpaired) electrons. The SMILES string of the molecule is CCN(C)C(=N)N.CN(CC(=O)O)C(=N)N. The molecule has 0 aliphatic carbocycles. The van der Waals surface area contributed by atoms with E-state index < -0.39 is 5.97 Å². The number of hydrogen-bond acceptors (Lipinski definition) is 3. The number of guanidine groups is 2. The van der Waals surface area contributed by atoms with Gasteiger partial charge in [0.25, 0.3) is 0 Å². The maximum atomic E-state index is 9.92. The van der Waals surface area contributed by atoms with Crippen LogP contribution in [0.25, 0.3) is 0 Å². The average Bonchev–Trinajstić information content (AvgIpc) is 2.16. The maximum absolute atomic E-state index is 9.92. The van der Waals surface area contributed by atoms with Crippen molar-refractivity contribution in [1.82, 2.24) is 9.80 Å². The van der Waals surface area contributed by atoms with Crippen LogP contribution in [-0.2, 0) is 4.79 Å². The van der Waals surface area contributed by atoms with E-state index in [0.29, 0.717) is 0 Å². The van der Waals surface area contributed by atoms with Crippen molar-refractivity contribution in [3.05, 3.63) is 0 Å². The molecule has 0 aliphatic rings. The van der Waals surface area contributed by atoms with Gasteiger partial charge in [-0.3, -0.25) is 15.6 Å². The number of carbonyl (C=O) groups is 1. The van der Waals surface area contributed by atoms with Crippen molar-refractivity contribution in [2.75, 3.05) is 27.2 Å². The molecular weight excluding hydrogens is 212 g/mol. The van der Waals surface area contributed by atoms with Crippen LogP contribution in [0, 0.1) is 10.8 Å². The second-order valence-corrected chi connectivity index (χ2v) is 3.03. The highest BCUT2D eigenvalue weighted by atomic mass is 16.4. The van der Waals surface area contributed by atoms with Gasteiger partial charge in [0, 0.05) is 20.6 Å². The second-order valence-electron chi connectivity index (χ2n) is 3.03. The maximum Gasteiger partial charge on any atom is 0.323 e. The van der Waals surface area contributed by atoms with E-state index in [2.05, 4.69) is 0 Å². The minimum atomic E-state index is -0.993. The van der Waals surface area contributed by atoms with Crippen LogP contribution in [-0.4, -0.2) is 60.0 Å². The molecule has 8 heteroatoms. The van der Waals surface area contributed by atoms with Crippen molar-refractivity contribution < 1.29 is 9.90 Å². The van der Waals surface area contributed by atoms with Gasteiger partial charge in [-0.2, -0.15) is 0 Å². The largest absolute Gasteiger partial charge is 0.480 e. The fraction of sp³-hybridized carbons (Fsp3) is 0.625. The molecule has 0 heterocycles. The van der Waals surface area contributed by atoms with Crippen molar-refractivity contribution in [2.24, 2.45) is 11.5 Å². The number of rotatable bonds is 3. The van der Waals surface area contributed by atoms with Gasteiger partial charge >= 0.3 is 5.97 Å². The first-order valence-electron chi connectivity index (χ1n) is 4.54. The Morgan fingerprint density at radius 1 is 1.19 bits per heavy atom. The molecular formula is C8H20N6O2. The molecule has 8 nitrogen and oxygen atoms in total. The lowest BCUT2D eigenvalue weighted by Gasteiger charge is -2.12. The highest BCUT2D eigenvalue weighted by Gasteiger charge is 2.03. The van der Waals surface area contributed by atoms with Crippen LogP contribution in [0.15, 0.2) is 0 Å². The van der Waals surface area contributed by atoms with Crippen LogP contribution in [0.4, 0.5) is 0 Å². The number of hydrogen-bond donors (Lipinski definition) is 5. The van der Waals surface area contributed by atoms with Crippen LogP contribution in [0.3, 0.4) is 0 Å². The third-order valence-corrected chi connectivity index (χ3v) is 1.67. The normalized spacial score (nSPS) is 8.44. The lowest BCUT2D eigenvalue weighted by molar-refractivity contribution is -0.137. The van der Waals surface area contributed by atoms with Crippen molar-refractivity contribution in [1.29, 1.82) is 10.8 Å². The molecule has 0 atom stereocenters. The number of nitrogens with zero attached hydrogens (tertiary/aromatic N) is 2. The Labute approximate surface area is 94.8 Å². The molecule has 0 aliphatic heterocycles. The van der Waals surface area contributed by atoms with Crippen LogP contribution in [0.5, 0.6) is 0 Å². The fourth-order valence-electron chi connectivity index (χ4n) is 0.458. The Morgan fingerprint density at radius 2 is 1.56 bits per heavy atom. The Bertz CT molecular complexity index is 255. The molecule has 0 bridgehead atoms. The summed E-state index contributed by atoms with van der Waals surface area (Å²) in [5.41, 5.74) is 9.99. The summed E-state index contributed by atoms with van der Waals surface area (Å²) in [4.78, 5) is 12.7. The zero-order valence-electron chi connectivity index (χ0n) is 9.82. The van der Waals surface area contributed by atoms with E-state index in [9.17, 15) is 4.79 Å². The third-order valence-electron chi connectivity index (χ3n) is 1.67. The summed E-state index contributed by atoms with van der Waals surface area (Å²) in [5, 5.41) is 21.7. The summed E-state index contributed by atoms with van der Waals surface area (Å²) < 4.78 is 0. The lowest BCUT2D eigenvalue weighted by atomic mass is 10.6. The fourth-order valence-corrected chi connectivity index (χ4v) is 0.458. The highest BCUT2D eigenvalue weighted by molar-refractivity contribution is 5.80. The summed E-state index contributed by atoms with van der Waals surface area (Å²) in [6.45, 7) is 2.52.